The Labute approximate surface area is 214 Å². The van der Waals surface area contributed by atoms with Gasteiger partial charge < -0.3 is 9.47 Å². The van der Waals surface area contributed by atoms with Gasteiger partial charge in [-0.15, -0.1) is 11.3 Å². The second-order valence-corrected chi connectivity index (χ2v) is 11.5. The van der Waals surface area contributed by atoms with Crippen LogP contribution >= 0.6 is 22.9 Å². The molecule has 35 heavy (non-hydrogen) atoms. The number of pyridine rings is 1. The molecule has 8 nitrogen and oxygen atoms in total. The van der Waals surface area contributed by atoms with Crippen LogP contribution in [0.1, 0.15) is 32.2 Å². The predicted molar refractivity (Wildman–Crippen MR) is 139 cm³/mol. The van der Waals surface area contributed by atoms with Crippen LogP contribution in [0.25, 0.3) is 11.0 Å². The summed E-state index contributed by atoms with van der Waals surface area (Å²) in [6.45, 7) is 1.95. The zero-order valence-electron chi connectivity index (χ0n) is 18.8. The molecule has 11 heteroatoms. The van der Waals surface area contributed by atoms with Crippen LogP contribution in [0.5, 0.6) is 0 Å². The highest BCUT2D eigenvalue weighted by Gasteiger charge is 2.24. The molecule has 1 aliphatic rings. The monoisotopic (exact) mass is 531 g/mol. The van der Waals surface area contributed by atoms with E-state index in [0.29, 0.717) is 42.1 Å². The van der Waals surface area contributed by atoms with Crippen LogP contribution in [0.15, 0.2) is 65.3 Å². The number of sulfonamides is 1. The number of benzene rings is 1. The minimum absolute atomic E-state index is 0. The number of carbonyl (C=O) groups excluding carboxylic acids is 1. The van der Waals surface area contributed by atoms with Gasteiger partial charge in [0.2, 0.25) is 5.91 Å². The maximum absolute atomic E-state index is 12.8. The molecule has 0 saturated carbocycles. The first-order chi connectivity index (χ1) is 16.9. The smallest absolute Gasteiger partial charge is 0.263 e. The van der Waals surface area contributed by atoms with Gasteiger partial charge in [-0.1, -0.05) is 23.7 Å². The number of nitrogens with zero attached hydrogens (tertiary/aromatic N) is 4. The van der Waals surface area contributed by atoms with Crippen molar-refractivity contribution in [1.29, 1.82) is 0 Å². The molecule has 4 heterocycles. The summed E-state index contributed by atoms with van der Waals surface area (Å²) < 4.78 is 29.5. The second kappa shape index (κ2) is 9.96. The van der Waals surface area contributed by atoms with Gasteiger partial charge in [0.15, 0.2) is 5.13 Å². The number of piperidine rings is 1. The third-order valence-electron chi connectivity index (χ3n) is 6.30. The van der Waals surface area contributed by atoms with Crippen molar-refractivity contribution in [2.75, 3.05) is 17.8 Å². The van der Waals surface area contributed by atoms with Crippen LogP contribution in [0.2, 0.25) is 5.02 Å². The molecule has 0 aliphatic carbocycles. The number of fused-ring (bicyclic) bond motifs is 1. The van der Waals surface area contributed by atoms with E-state index in [4.69, 9.17) is 11.6 Å². The highest BCUT2D eigenvalue weighted by molar-refractivity contribution is 7.93. The van der Waals surface area contributed by atoms with E-state index >= 15 is 0 Å². The average molecular weight is 532 g/mol. The van der Waals surface area contributed by atoms with E-state index in [1.165, 1.54) is 11.3 Å². The van der Waals surface area contributed by atoms with Gasteiger partial charge in [-0.25, -0.2) is 18.4 Å². The van der Waals surface area contributed by atoms with E-state index in [9.17, 15) is 13.2 Å². The first-order valence-corrected chi connectivity index (χ1v) is 14.0. The van der Waals surface area contributed by atoms with E-state index in [2.05, 4.69) is 14.7 Å². The third kappa shape index (κ3) is 5.34. The van der Waals surface area contributed by atoms with E-state index < -0.39 is 10.0 Å². The molecule has 1 aliphatic heterocycles. The number of thiazole rings is 1. The summed E-state index contributed by atoms with van der Waals surface area (Å²) in [7, 11) is -3.66. The maximum atomic E-state index is 12.8. The molecule has 0 spiro atoms. The number of halogens is 1. The summed E-state index contributed by atoms with van der Waals surface area (Å²) in [4.78, 5) is 23.3. The first kappa shape index (κ1) is 23.8. The van der Waals surface area contributed by atoms with Crippen LogP contribution < -0.4 is 4.72 Å². The zero-order valence-corrected chi connectivity index (χ0v) is 21.2. The minimum atomic E-state index is -3.66. The molecule has 1 amide bonds. The van der Waals surface area contributed by atoms with Gasteiger partial charge in [-0.3, -0.25) is 9.52 Å². The molecule has 1 fully saturated rings. The average Bonchev–Trinajstić information content (AvgIpc) is 3.52. The quantitative estimate of drug-likeness (QED) is 0.362. The maximum Gasteiger partial charge on any atom is 0.263 e. The van der Waals surface area contributed by atoms with Gasteiger partial charge in [-0.2, -0.15) is 0 Å². The number of rotatable bonds is 7. The van der Waals surface area contributed by atoms with Gasteiger partial charge in [0, 0.05) is 56.8 Å². The molecule has 0 atom stereocenters. The van der Waals surface area contributed by atoms with Crippen LogP contribution in [0, 0.1) is 0 Å². The number of hydrogen-bond donors (Lipinski definition) is 1. The molecule has 3 aromatic heterocycles. The molecule has 5 rings (SSSR count). The molecule has 1 saturated heterocycles. The number of hydrogen-bond acceptors (Lipinski definition) is 6. The van der Waals surface area contributed by atoms with E-state index in [1.54, 1.807) is 29.9 Å². The summed E-state index contributed by atoms with van der Waals surface area (Å²) >= 11 is 7.24. The zero-order chi connectivity index (χ0) is 24.4. The summed E-state index contributed by atoms with van der Waals surface area (Å²) in [6, 6.07) is 10.8. The lowest BCUT2D eigenvalue weighted by Gasteiger charge is -2.32. The second-order valence-electron chi connectivity index (χ2n) is 8.49. The summed E-state index contributed by atoms with van der Waals surface area (Å²) in [5, 5.41) is 3.62. The van der Waals surface area contributed by atoms with Crippen molar-refractivity contribution in [3.63, 3.8) is 0 Å². The van der Waals surface area contributed by atoms with Crippen molar-refractivity contribution in [2.45, 2.75) is 36.6 Å². The fraction of sp³-hybridized carbons (Fsp3) is 0.292. The Morgan fingerprint density at radius 1 is 1.17 bits per heavy atom. The first-order valence-electron chi connectivity index (χ1n) is 11.3. The van der Waals surface area contributed by atoms with Crippen molar-refractivity contribution >= 4 is 55.0 Å². The number of amides is 1. The fourth-order valence-electron chi connectivity index (χ4n) is 4.43. The van der Waals surface area contributed by atoms with Crippen molar-refractivity contribution < 1.29 is 14.6 Å². The predicted octanol–water partition coefficient (Wildman–Crippen LogP) is 4.99. The van der Waals surface area contributed by atoms with Crippen LogP contribution in [-0.2, 0) is 21.4 Å². The summed E-state index contributed by atoms with van der Waals surface area (Å²) in [5.74, 6) is 0.430. The normalized spacial score (nSPS) is 14.9. The molecule has 1 aromatic carbocycles. The Kier molecular flexibility index (Phi) is 6.77. The highest BCUT2D eigenvalue weighted by atomic mass is 35.5. The number of aromatic nitrogens is 3. The topological polar surface area (TPSA) is 97.2 Å². The lowest BCUT2D eigenvalue weighted by atomic mass is 9.89. The highest BCUT2D eigenvalue weighted by Crippen LogP contribution is 2.29. The van der Waals surface area contributed by atoms with E-state index in [0.717, 1.165) is 29.4 Å². The number of likely N-dealkylation sites (tertiary alicyclic amines) is 1. The molecule has 0 radical (unpaired) electrons. The van der Waals surface area contributed by atoms with Crippen LogP contribution in [-0.4, -0.2) is 46.8 Å². The Balaban J connectivity index is 0.00000304. The SMILES string of the molecule is O=C(CCn1ccc2cc(Cl)cnc21)N1CCC(c2ccc(S(=O)(=O)Nc3nccs3)cc2)CC1.[HH]. The Bertz CT molecular complexity index is 1430. The van der Waals surface area contributed by atoms with Gasteiger partial charge in [0.1, 0.15) is 5.65 Å². The largest absolute Gasteiger partial charge is 0.343 e. The standard InChI is InChI=1S/C24H24ClN5O3S2.H2/c25-20-15-19-7-12-30(23(19)27-16-20)13-8-22(31)29-10-5-18(6-11-29)17-1-3-21(4-2-17)35(32,33)28-24-26-9-14-34-24;/h1-4,7,9,12,14-16,18H,5-6,8,10-11,13H2,(H,26,28);1H. The summed E-state index contributed by atoms with van der Waals surface area (Å²) in [5.41, 5.74) is 1.92. The van der Waals surface area contributed by atoms with Crippen molar-refractivity contribution in [3.05, 3.63) is 71.0 Å². The number of aryl methyl sites for hydroxylation is 1. The summed E-state index contributed by atoms with van der Waals surface area (Å²) in [6.07, 6.45) is 7.22. The molecule has 184 valence electrons. The number of anilines is 1. The lowest BCUT2D eigenvalue weighted by Crippen LogP contribution is -2.38. The third-order valence-corrected chi connectivity index (χ3v) is 8.68. The number of nitrogens with one attached hydrogen (secondary N) is 1. The Morgan fingerprint density at radius 2 is 1.94 bits per heavy atom. The van der Waals surface area contributed by atoms with Crippen molar-refractivity contribution in [2.24, 2.45) is 0 Å². The molecular formula is C24H26ClN5O3S2. The Hall–Kier alpha value is -2.95. The molecule has 0 unspecified atom stereocenters. The number of carbonyl (C=O) groups is 1. The van der Waals surface area contributed by atoms with Crippen LogP contribution in [0.3, 0.4) is 0 Å². The molecule has 4 aromatic rings. The Morgan fingerprint density at radius 3 is 2.66 bits per heavy atom. The molecule has 0 bridgehead atoms. The van der Waals surface area contributed by atoms with Crippen LogP contribution in [0.4, 0.5) is 5.13 Å². The fourth-order valence-corrected chi connectivity index (χ4v) is 6.39. The van der Waals surface area contributed by atoms with Gasteiger partial charge in [-0.05, 0) is 48.6 Å². The van der Waals surface area contributed by atoms with E-state index in [1.807, 2.05) is 39.9 Å². The van der Waals surface area contributed by atoms with Gasteiger partial charge in [0.25, 0.3) is 10.0 Å². The lowest BCUT2D eigenvalue weighted by molar-refractivity contribution is -0.132. The van der Waals surface area contributed by atoms with Gasteiger partial charge in [0.05, 0.1) is 9.92 Å². The van der Waals surface area contributed by atoms with Crippen molar-refractivity contribution in [3.8, 4) is 0 Å². The molecular weight excluding hydrogens is 506 g/mol. The minimum Gasteiger partial charge on any atom is -0.343 e. The molecule has 1 N–H and O–H groups in total. The van der Waals surface area contributed by atoms with Crippen molar-refractivity contribution in [1.82, 2.24) is 19.4 Å². The van der Waals surface area contributed by atoms with Gasteiger partial charge >= 0.3 is 0 Å². The van der Waals surface area contributed by atoms with E-state index in [-0.39, 0.29) is 12.2 Å².